The Bertz CT molecular complexity index is 1100. The van der Waals surface area contributed by atoms with Gasteiger partial charge in [-0.15, -0.1) is 0 Å². The number of ether oxygens (including phenoxy) is 1. The second-order valence-corrected chi connectivity index (χ2v) is 7.43. The van der Waals surface area contributed by atoms with Crippen molar-refractivity contribution in [3.8, 4) is 5.75 Å². The van der Waals surface area contributed by atoms with Crippen molar-refractivity contribution in [2.45, 2.75) is 25.9 Å². The largest absolute Gasteiger partial charge is 0.478 e. The van der Waals surface area contributed by atoms with Crippen molar-refractivity contribution in [3.63, 3.8) is 0 Å². The van der Waals surface area contributed by atoms with Gasteiger partial charge < -0.3 is 20.7 Å². The maximum Gasteiger partial charge on any atom is 0.268 e. The minimum absolute atomic E-state index is 0.0161. The number of anilines is 3. The maximum atomic E-state index is 12.8. The van der Waals surface area contributed by atoms with Gasteiger partial charge in [-0.2, -0.15) is 0 Å². The number of fused-ring (bicyclic) bond motifs is 1. The van der Waals surface area contributed by atoms with Crippen LogP contribution in [0.25, 0.3) is 0 Å². The van der Waals surface area contributed by atoms with Crippen molar-refractivity contribution in [3.05, 3.63) is 83.9 Å². The second kappa shape index (κ2) is 8.92. The Morgan fingerprint density at radius 1 is 1.03 bits per heavy atom. The average molecular weight is 415 g/mol. The third kappa shape index (κ3) is 4.38. The molecule has 0 saturated heterocycles. The van der Waals surface area contributed by atoms with E-state index < -0.39 is 6.10 Å². The number of rotatable bonds is 6. The van der Waals surface area contributed by atoms with Crippen molar-refractivity contribution < 1.29 is 14.3 Å². The molecule has 6 heteroatoms. The standard InChI is InChI=1S/C25H25N3O3/c1-2-28-21-9-5-6-10-22(21)31-23(25(28)30)16-13-17-11-14-18(15-12-17)24(29)27-20-8-4-3-7-19(20)26/h3-12,14-15,23H,2,13,16,26H2,1H3,(H,27,29). The summed E-state index contributed by atoms with van der Waals surface area (Å²) < 4.78 is 5.97. The van der Waals surface area contributed by atoms with Crippen LogP contribution in [-0.4, -0.2) is 24.5 Å². The number of amides is 2. The molecule has 0 aromatic heterocycles. The van der Waals surface area contributed by atoms with Gasteiger partial charge in [0.15, 0.2) is 6.10 Å². The Balaban J connectivity index is 1.39. The molecule has 0 saturated carbocycles. The lowest BCUT2D eigenvalue weighted by Gasteiger charge is -2.33. The van der Waals surface area contributed by atoms with Crippen molar-refractivity contribution in [1.29, 1.82) is 0 Å². The quantitative estimate of drug-likeness (QED) is 0.589. The van der Waals surface area contributed by atoms with E-state index in [9.17, 15) is 9.59 Å². The van der Waals surface area contributed by atoms with Crippen molar-refractivity contribution in [2.75, 3.05) is 22.5 Å². The van der Waals surface area contributed by atoms with Gasteiger partial charge in [0.2, 0.25) is 0 Å². The summed E-state index contributed by atoms with van der Waals surface area (Å²) >= 11 is 0. The molecule has 4 rings (SSSR count). The summed E-state index contributed by atoms with van der Waals surface area (Å²) in [6.07, 6.45) is 0.721. The summed E-state index contributed by atoms with van der Waals surface area (Å²) in [5.74, 6) is 0.504. The highest BCUT2D eigenvalue weighted by Crippen LogP contribution is 2.34. The van der Waals surface area contributed by atoms with Gasteiger partial charge in [0.25, 0.3) is 11.8 Å². The van der Waals surface area contributed by atoms with Crippen LogP contribution in [-0.2, 0) is 11.2 Å². The first-order valence-corrected chi connectivity index (χ1v) is 10.4. The molecule has 158 valence electrons. The molecule has 2 amide bonds. The van der Waals surface area contributed by atoms with Gasteiger partial charge in [-0.3, -0.25) is 9.59 Å². The van der Waals surface area contributed by atoms with Gasteiger partial charge in [-0.05, 0) is 61.7 Å². The van der Waals surface area contributed by atoms with E-state index in [1.165, 1.54) is 0 Å². The van der Waals surface area contributed by atoms with Crippen LogP contribution >= 0.6 is 0 Å². The van der Waals surface area contributed by atoms with Gasteiger partial charge >= 0.3 is 0 Å². The molecule has 0 aliphatic carbocycles. The third-order valence-corrected chi connectivity index (χ3v) is 5.40. The zero-order valence-electron chi connectivity index (χ0n) is 17.4. The van der Waals surface area contributed by atoms with E-state index in [0.717, 1.165) is 17.0 Å². The number of benzene rings is 3. The molecule has 3 aromatic rings. The van der Waals surface area contributed by atoms with E-state index in [2.05, 4.69) is 5.32 Å². The lowest BCUT2D eigenvalue weighted by molar-refractivity contribution is -0.126. The molecule has 0 radical (unpaired) electrons. The van der Waals surface area contributed by atoms with Crippen LogP contribution in [0.15, 0.2) is 72.8 Å². The number of aryl methyl sites for hydroxylation is 1. The Morgan fingerprint density at radius 2 is 1.74 bits per heavy atom. The SMILES string of the molecule is CCN1C(=O)C(CCc2ccc(C(=O)Nc3ccccc3N)cc2)Oc2ccccc21. The molecule has 3 aromatic carbocycles. The van der Waals surface area contributed by atoms with E-state index >= 15 is 0 Å². The number of hydrogen-bond donors (Lipinski definition) is 2. The predicted octanol–water partition coefficient (Wildman–Crippen LogP) is 4.27. The summed E-state index contributed by atoms with van der Waals surface area (Å²) in [6, 6.07) is 22.1. The van der Waals surface area contributed by atoms with Gasteiger partial charge in [0.1, 0.15) is 5.75 Å². The Labute approximate surface area is 181 Å². The first-order valence-electron chi connectivity index (χ1n) is 10.4. The zero-order chi connectivity index (χ0) is 21.8. The van der Waals surface area contributed by atoms with Crippen LogP contribution in [0.2, 0.25) is 0 Å². The molecule has 6 nitrogen and oxygen atoms in total. The number of carbonyl (C=O) groups excluding carboxylic acids is 2. The highest BCUT2D eigenvalue weighted by Gasteiger charge is 2.32. The lowest BCUT2D eigenvalue weighted by atomic mass is 10.0. The summed E-state index contributed by atoms with van der Waals surface area (Å²) in [4.78, 5) is 27.1. The maximum absolute atomic E-state index is 12.8. The lowest BCUT2D eigenvalue weighted by Crippen LogP contribution is -2.46. The molecule has 1 atom stereocenters. The number of para-hydroxylation sites is 4. The number of nitrogen functional groups attached to an aromatic ring is 1. The smallest absolute Gasteiger partial charge is 0.268 e. The average Bonchev–Trinajstić information content (AvgIpc) is 2.79. The van der Waals surface area contributed by atoms with E-state index in [1.54, 1.807) is 29.2 Å². The topological polar surface area (TPSA) is 84.7 Å². The van der Waals surface area contributed by atoms with Crippen LogP contribution in [0, 0.1) is 0 Å². The number of nitrogens with two attached hydrogens (primary N) is 1. The molecule has 0 spiro atoms. The molecule has 0 bridgehead atoms. The Morgan fingerprint density at radius 3 is 2.48 bits per heavy atom. The number of nitrogens with zero attached hydrogens (tertiary/aromatic N) is 1. The van der Waals surface area contributed by atoms with Gasteiger partial charge in [0, 0.05) is 12.1 Å². The molecule has 3 N–H and O–H groups in total. The van der Waals surface area contributed by atoms with Crippen LogP contribution in [0.1, 0.15) is 29.3 Å². The number of likely N-dealkylation sites (N-methyl/N-ethyl adjacent to an activating group) is 1. The van der Waals surface area contributed by atoms with Gasteiger partial charge in [-0.1, -0.05) is 36.4 Å². The van der Waals surface area contributed by atoms with Crippen LogP contribution in [0.5, 0.6) is 5.75 Å². The molecule has 31 heavy (non-hydrogen) atoms. The molecule has 1 aliphatic rings. The van der Waals surface area contributed by atoms with E-state index in [4.69, 9.17) is 10.5 Å². The first kappa shape index (κ1) is 20.5. The third-order valence-electron chi connectivity index (χ3n) is 5.40. The van der Waals surface area contributed by atoms with E-state index in [1.807, 2.05) is 55.5 Å². The summed E-state index contributed by atoms with van der Waals surface area (Å²) in [7, 11) is 0. The van der Waals surface area contributed by atoms with Crippen molar-refractivity contribution in [2.24, 2.45) is 0 Å². The van der Waals surface area contributed by atoms with Crippen molar-refractivity contribution in [1.82, 2.24) is 0 Å². The van der Waals surface area contributed by atoms with Gasteiger partial charge in [-0.25, -0.2) is 0 Å². The fourth-order valence-corrected chi connectivity index (χ4v) is 3.71. The molecule has 1 unspecified atom stereocenters. The molecular formula is C25H25N3O3. The van der Waals surface area contributed by atoms with Crippen LogP contribution in [0.4, 0.5) is 17.1 Å². The van der Waals surface area contributed by atoms with Crippen molar-refractivity contribution >= 4 is 28.9 Å². The normalized spacial score (nSPS) is 15.2. The number of carbonyl (C=O) groups is 2. The fourth-order valence-electron chi connectivity index (χ4n) is 3.71. The summed E-state index contributed by atoms with van der Waals surface area (Å²) in [6.45, 7) is 2.56. The highest BCUT2D eigenvalue weighted by molar-refractivity contribution is 6.05. The highest BCUT2D eigenvalue weighted by atomic mass is 16.5. The Hall–Kier alpha value is -3.80. The molecule has 1 heterocycles. The monoisotopic (exact) mass is 415 g/mol. The molecular weight excluding hydrogens is 390 g/mol. The van der Waals surface area contributed by atoms with Crippen LogP contribution in [0.3, 0.4) is 0 Å². The number of nitrogens with one attached hydrogen (secondary N) is 1. The van der Waals surface area contributed by atoms with Crippen LogP contribution < -0.4 is 20.7 Å². The second-order valence-electron chi connectivity index (χ2n) is 7.43. The van der Waals surface area contributed by atoms with Gasteiger partial charge in [0.05, 0.1) is 17.1 Å². The van der Waals surface area contributed by atoms with E-state index in [0.29, 0.717) is 36.3 Å². The minimum Gasteiger partial charge on any atom is -0.478 e. The fraction of sp³-hybridized carbons (Fsp3) is 0.200. The van der Waals surface area contributed by atoms with E-state index in [-0.39, 0.29) is 11.8 Å². The first-order chi connectivity index (χ1) is 15.1. The molecule has 0 fully saturated rings. The summed E-state index contributed by atoms with van der Waals surface area (Å²) in [5.41, 5.74) is 9.39. The number of hydrogen-bond acceptors (Lipinski definition) is 4. The summed E-state index contributed by atoms with van der Waals surface area (Å²) in [5, 5.41) is 2.82. The Kier molecular flexibility index (Phi) is 5.89. The molecule has 1 aliphatic heterocycles. The zero-order valence-corrected chi connectivity index (χ0v) is 17.4. The minimum atomic E-state index is -0.515. The predicted molar refractivity (Wildman–Crippen MR) is 122 cm³/mol.